The third kappa shape index (κ3) is 3.94. The van der Waals surface area contributed by atoms with Gasteiger partial charge in [-0.25, -0.2) is 4.79 Å². The number of rotatable bonds is 4. The van der Waals surface area contributed by atoms with Gasteiger partial charge < -0.3 is 10.2 Å². The standard InChI is InChI=1S/C12H21NO3/c1-9(7-12(15)16)8-13(2)10-5-3-4-6-11(10)14/h7,10-11,14H,3-6,8H2,1-2H3,(H,15,16). The number of hydrogen-bond donors (Lipinski definition) is 2. The number of carboxylic acid groups (broad SMARTS) is 1. The molecule has 16 heavy (non-hydrogen) atoms. The second-order valence-corrected chi connectivity index (χ2v) is 4.66. The van der Waals surface area contributed by atoms with Gasteiger partial charge in [-0.2, -0.15) is 0 Å². The van der Waals surface area contributed by atoms with Gasteiger partial charge in [-0.15, -0.1) is 0 Å². The van der Waals surface area contributed by atoms with Gasteiger partial charge >= 0.3 is 5.97 Å². The molecule has 0 aromatic heterocycles. The van der Waals surface area contributed by atoms with Gasteiger partial charge in [-0.1, -0.05) is 18.4 Å². The van der Waals surface area contributed by atoms with Crippen LogP contribution in [0.1, 0.15) is 32.6 Å². The lowest BCUT2D eigenvalue weighted by Gasteiger charge is -2.35. The summed E-state index contributed by atoms with van der Waals surface area (Å²) < 4.78 is 0. The molecule has 0 radical (unpaired) electrons. The van der Waals surface area contributed by atoms with Crippen molar-refractivity contribution in [2.24, 2.45) is 0 Å². The molecular formula is C12H21NO3. The first-order chi connectivity index (χ1) is 7.50. The molecule has 0 aromatic rings. The zero-order chi connectivity index (χ0) is 12.1. The number of nitrogens with zero attached hydrogens (tertiary/aromatic N) is 1. The minimum atomic E-state index is -0.907. The van der Waals surface area contributed by atoms with Crippen molar-refractivity contribution in [3.63, 3.8) is 0 Å². The van der Waals surface area contributed by atoms with Crippen LogP contribution in [0.15, 0.2) is 11.6 Å². The highest BCUT2D eigenvalue weighted by molar-refractivity contribution is 5.80. The fraction of sp³-hybridized carbons (Fsp3) is 0.750. The number of carbonyl (C=O) groups is 1. The smallest absolute Gasteiger partial charge is 0.328 e. The summed E-state index contributed by atoms with van der Waals surface area (Å²) in [7, 11) is 1.94. The lowest BCUT2D eigenvalue weighted by Crippen LogP contribution is -2.43. The summed E-state index contributed by atoms with van der Waals surface area (Å²) in [6.07, 6.45) is 5.06. The van der Waals surface area contributed by atoms with Crippen molar-refractivity contribution < 1.29 is 15.0 Å². The Hall–Kier alpha value is -0.870. The number of aliphatic hydroxyl groups excluding tert-OH is 1. The maximum Gasteiger partial charge on any atom is 0.328 e. The van der Waals surface area contributed by atoms with Crippen molar-refractivity contribution in [1.82, 2.24) is 4.90 Å². The molecule has 0 saturated heterocycles. The zero-order valence-corrected chi connectivity index (χ0v) is 10.0. The Kier molecular flexibility index (Phi) is 4.96. The molecule has 0 amide bonds. The first-order valence-electron chi connectivity index (χ1n) is 5.79. The number of hydrogen-bond acceptors (Lipinski definition) is 3. The Morgan fingerprint density at radius 3 is 2.62 bits per heavy atom. The van der Waals surface area contributed by atoms with Crippen molar-refractivity contribution in [3.05, 3.63) is 11.6 Å². The first-order valence-corrected chi connectivity index (χ1v) is 5.79. The summed E-state index contributed by atoms with van der Waals surface area (Å²) in [6, 6.07) is 0.172. The van der Waals surface area contributed by atoms with E-state index in [-0.39, 0.29) is 12.1 Å². The predicted octanol–water partition coefficient (Wildman–Crippen LogP) is 1.25. The predicted molar refractivity (Wildman–Crippen MR) is 62.3 cm³/mol. The average Bonchev–Trinajstić information content (AvgIpc) is 2.16. The number of carboxylic acids is 1. The molecule has 1 rings (SSSR count). The number of likely N-dealkylation sites (N-methyl/N-ethyl adjacent to an activating group) is 1. The third-order valence-electron chi connectivity index (χ3n) is 3.13. The van der Waals surface area contributed by atoms with Gasteiger partial charge in [0.2, 0.25) is 0 Å². The molecule has 2 atom stereocenters. The third-order valence-corrected chi connectivity index (χ3v) is 3.13. The monoisotopic (exact) mass is 227 g/mol. The van der Waals surface area contributed by atoms with Crippen LogP contribution in [0.4, 0.5) is 0 Å². The van der Waals surface area contributed by atoms with Crippen LogP contribution in [0.2, 0.25) is 0 Å². The second-order valence-electron chi connectivity index (χ2n) is 4.66. The summed E-state index contributed by atoms with van der Waals surface area (Å²) in [5.41, 5.74) is 0.813. The van der Waals surface area contributed by atoms with E-state index >= 15 is 0 Å². The van der Waals surface area contributed by atoms with Crippen LogP contribution in [0.5, 0.6) is 0 Å². The fourth-order valence-corrected chi connectivity index (χ4v) is 2.37. The SMILES string of the molecule is CC(=CC(=O)O)CN(C)C1CCCCC1O. The van der Waals surface area contributed by atoms with Gasteiger partial charge in [-0.05, 0) is 26.8 Å². The summed E-state index contributed by atoms with van der Waals surface area (Å²) in [4.78, 5) is 12.5. The van der Waals surface area contributed by atoms with Crippen molar-refractivity contribution in [2.75, 3.05) is 13.6 Å². The van der Waals surface area contributed by atoms with Crippen molar-refractivity contribution in [1.29, 1.82) is 0 Å². The topological polar surface area (TPSA) is 60.8 Å². The molecule has 1 aliphatic carbocycles. The maximum atomic E-state index is 10.5. The molecule has 0 heterocycles. The normalized spacial score (nSPS) is 27.1. The van der Waals surface area contributed by atoms with Gasteiger partial charge in [-0.3, -0.25) is 4.90 Å². The molecule has 4 nitrogen and oxygen atoms in total. The van der Waals surface area contributed by atoms with Crippen LogP contribution >= 0.6 is 0 Å². The molecule has 2 unspecified atom stereocenters. The summed E-state index contributed by atoms with van der Waals surface area (Å²) in [5, 5.41) is 18.5. The molecule has 1 fully saturated rings. The van der Waals surface area contributed by atoms with Crippen LogP contribution < -0.4 is 0 Å². The first kappa shape index (κ1) is 13.2. The van der Waals surface area contributed by atoms with Gasteiger partial charge in [0.05, 0.1) is 6.10 Å². The molecule has 0 spiro atoms. The van der Waals surface area contributed by atoms with E-state index in [9.17, 15) is 9.90 Å². The maximum absolute atomic E-state index is 10.5. The van der Waals surface area contributed by atoms with E-state index in [0.29, 0.717) is 6.54 Å². The van der Waals surface area contributed by atoms with E-state index in [1.165, 1.54) is 6.08 Å². The number of aliphatic carboxylic acids is 1. The van der Waals surface area contributed by atoms with Crippen molar-refractivity contribution in [3.8, 4) is 0 Å². The fourth-order valence-electron chi connectivity index (χ4n) is 2.37. The molecule has 92 valence electrons. The highest BCUT2D eigenvalue weighted by Crippen LogP contribution is 2.22. The summed E-state index contributed by atoms with van der Waals surface area (Å²) in [5.74, 6) is -0.907. The van der Waals surface area contributed by atoms with Gasteiger partial charge in [0, 0.05) is 18.7 Å². The molecule has 4 heteroatoms. The van der Waals surface area contributed by atoms with Crippen LogP contribution in [0.25, 0.3) is 0 Å². The van der Waals surface area contributed by atoms with Crippen LogP contribution in [-0.2, 0) is 4.79 Å². The zero-order valence-electron chi connectivity index (χ0n) is 10.0. The Bertz CT molecular complexity index is 275. The highest BCUT2D eigenvalue weighted by Gasteiger charge is 2.26. The number of aliphatic hydroxyl groups is 1. The minimum Gasteiger partial charge on any atom is -0.478 e. The summed E-state index contributed by atoms with van der Waals surface area (Å²) in [6.45, 7) is 2.41. The van der Waals surface area contributed by atoms with Crippen LogP contribution in [-0.4, -0.2) is 46.8 Å². The van der Waals surface area contributed by atoms with E-state index in [1.807, 2.05) is 7.05 Å². The molecule has 1 saturated carbocycles. The van der Waals surface area contributed by atoms with Crippen LogP contribution in [0.3, 0.4) is 0 Å². The van der Waals surface area contributed by atoms with E-state index in [1.54, 1.807) is 6.92 Å². The van der Waals surface area contributed by atoms with Gasteiger partial charge in [0.1, 0.15) is 0 Å². The van der Waals surface area contributed by atoms with E-state index in [4.69, 9.17) is 5.11 Å². The molecule has 0 aliphatic heterocycles. The van der Waals surface area contributed by atoms with Gasteiger partial charge in [0.25, 0.3) is 0 Å². The molecule has 0 bridgehead atoms. The Morgan fingerprint density at radius 2 is 2.06 bits per heavy atom. The molecule has 0 aromatic carbocycles. The van der Waals surface area contributed by atoms with E-state index in [2.05, 4.69) is 4.90 Å². The van der Waals surface area contributed by atoms with Crippen LogP contribution in [0, 0.1) is 0 Å². The van der Waals surface area contributed by atoms with E-state index < -0.39 is 5.97 Å². The quantitative estimate of drug-likeness (QED) is 0.710. The average molecular weight is 227 g/mol. The lowest BCUT2D eigenvalue weighted by atomic mass is 9.91. The molecular weight excluding hydrogens is 206 g/mol. The lowest BCUT2D eigenvalue weighted by molar-refractivity contribution is -0.131. The Labute approximate surface area is 96.6 Å². The molecule has 2 N–H and O–H groups in total. The van der Waals surface area contributed by atoms with Crippen molar-refractivity contribution >= 4 is 5.97 Å². The van der Waals surface area contributed by atoms with Crippen molar-refractivity contribution in [2.45, 2.75) is 44.8 Å². The summed E-state index contributed by atoms with van der Waals surface area (Å²) >= 11 is 0. The Morgan fingerprint density at radius 1 is 1.44 bits per heavy atom. The minimum absolute atomic E-state index is 0.172. The molecule has 1 aliphatic rings. The van der Waals surface area contributed by atoms with E-state index in [0.717, 1.165) is 31.3 Å². The Balaban J connectivity index is 2.50. The second kappa shape index (κ2) is 6.01. The van der Waals surface area contributed by atoms with Gasteiger partial charge in [0.15, 0.2) is 0 Å². The highest BCUT2D eigenvalue weighted by atomic mass is 16.4. The largest absolute Gasteiger partial charge is 0.478 e.